The second-order valence-electron chi connectivity index (χ2n) is 8.64. The van der Waals surface area contributed by atoms with Crippen LogP contribution in [0.15, 0.2) is 73.3 Å². The standard InChI is InChI=1S/C26H18Cl2FN5O/c27-20-5-3-18(10-21(20)28)26(7-8-26)33-25(35)19-4-1-15(9-22(19)29)23-13-30-24-6-2-16(14-34(23)24)17-11-31-32-12-17/h1-6,9-14H,7-8H2,(H,31,32)(H,33,35). The molecule has 6 rings (SSSR count). The van der Waals surface area contributed by atoms with Crippen molar-refractivity contribution in [1.29, 1.82) is 0 Å². The van der Waals surface area contributed by atoms with Gasteiger partial charge >= 0.3 is 0 Å². The fraction of sp³-hybridized carbons (Fsp3) is 0.115. The Bertz CT molecular complexity index is 1590. The number of hydrogen-bond donors (Lipinski definition) is 2. The van der Waals surface area contributed by atoms with Gasteiger partial charge in [-0.15, -0.1) is 0 Å². The summed E-state index contributed by atoms with van der Waals surface area (Å²) in [6, 6.07) is 13.7. The van der Waals surface area contributed by atoms with Gasteiger partial charge in [-0.25, -0.2) is 9.37 Å². The molecule has 0 aliphatic heterocycles. The molecule has 2 aromatic carbocycles. The van der Waals surface area contributed by atoms with E-state index in [2.05, 4.69) is 20.5 Å². The average Bonchev–Trinajstić information content (AvgIpc) is 3.25. The number of aromatic amines is 1. The molecule has 3 aromatic heterocycles. The Balaban J connectivity index is 1.29. The smallest absolute Gasteiger partial charge is 0.254 e. The number of nitrogens with one attached hydrogen (secondary N) is 2. The summed E-state index contributed by atoms with van der Waals surface area (Å²) < 4.78 is 17.1. The fourth-order valence-corrected chi connectivity index (χ4v) is 4.62. The van der Waals surface area contributed by atoms with Crippen LogP contribution >= 0.6 is 23.2 Å². The van der Waals surface area contributed by atoms with Crippen LogP contribution in [-0.4, -0.2) is 25.5 Å². The number of halogens is 3. The van der Waals surface area contributed by atoms with Gasteiger partial charge in [-0.3, -0.25) is 14.3 Å². The molecule has 174 valence electrons. The average molecular weight is 506 g/mol. The van der Waals surface area contributed by atoms with E-state index in [0.29, 0.717) is 21.3 Å². The maximum absolute atomic E-state index is 15.2. The van der Waals surface area contributed by atoms with Gasteiger partial charge in [0.05, 0.1) is 39.2 Å². The molecule has 1 fully saturated rings. The molecule has 1 aliphatic carbocycles. The van der Waals surface area contributed by atoms with E-state index in [0.717, 1.165) is 35.2 Å². The molecule has 0 saturated heterocycles. The van der Waals surface area contributed by atoms with Crippen LogP contribution in [0.1, 0.15) is 28.8 Å². The maximum atomic E-state index is 15.2. The van der Waals surface area contributed by atoms with Gasteiger partial charge in [0, 0.05) is 29.1 Å². The van der Waals surface area contributed by atoms with Gasteiger partial charge in [0.15, 0.2) is 0 Å². The number of H-pyrrole nitrogens is 1. The zero-order chi connectivity index (χ0) is 24.2. The molecule has 3 heterocycles. The lowest BCUT2D eigenvalue weighted by Crippen LogP contribution is -2.35. The summed E-state index contributed by atoms with van der Waals surface area (Å²) in [5, 5.41) is 10.6. The Morgan fingerprint density at radius 1 is 1.00 bits per heavy atom. The monoisotopic (exact) mass is 505 g/mol. The topological polar surface area (TPSA) is 75.1 Å². The molecule has 1 saturated carbocycles. The molecule has 5 aromatic rings. The molecule has 0 spiro atoms. The number of nitrogens with zero attached hydrogens (tertiary/aromatic N) is 3. The van der Waals surface area contributed by atoms with Crippen LogP contribution in [0.3, 0.4) is 0 Å². The number of rotatable bonds is 5. The lowest BCUT2D eigenvalue weighted by molar-refractivity contribution is 0.0926. The largest absolute Gasteiger partial charge is 0.342 e. The van der Waals surface area contributed by atoms with E-state index in [9.17, 15) is 4.79 Å². The van der Waals surface area contributed by atoms with Crippen molar-refractivity contribution in [2.75, 3.05) is 0 Å². The SMILES string of the molecule is O=C(NC1(c2ccc(Cl)c(Cl)c2)CC1)c1ccc(-c2cnc3ccc(-c4cn[nH]c4)cn23)cc1F. The van der Waals surface area contributed by atoms with Crippen LogP contribution in [0.5, 0.6) is 0 Å². The summed E-state index contributed by atoms with van der Waals surface area (Å²) in [6.07, 6.45) is 8.64. The minimum atomic E-state index is -0.606. The van der Waals surface area contributed by atoms with Crippen molar-refractivity contribution < 1.29 is 9.18 Å². The Labute approximate surface area is 209 Å². The van der Waals surface area contributed by atoms with Gasteiger partial charge in [0.2, 0.25) is 0 Å². The quantitative estimate of drug-likeness (QED) is 0.296. The third kappa shape index (κ3) is 3.87. The van der Waals surface area contributed by atoms with Crippen LogP contribution in [0.4, 0.5) is 4.39 Å². The number of hydrogen-bond acceptors (Lipinski definition) is 3. The molecule has 1 amide bonds. The Morgan fingerprint density at radius 3 is 2.54 bits per heavy atom. The van der Waals surface area contributed by atoms with Crippen molar-refractivity contribution >= 4 is 34.8 Å². The minimum Gasteiger partial charge on any atom is -0.342 e. The van der Waals surface area contributed by atoms with E-state index in [-0.39, 0.29) is 5.56 Å². The van der Waals surface area contributed by atoms with Crippen molar-refractivity contribution in [3.63, 3.8) is 0 Å². The first-order valence-electron chi connectivity index (χ1n) is 11.0. The fourth-order valence-electron chi connectivity index (χ4n) is 4.32. The van der Waals surface area contributed by atoms with E-state index < -0.39 is 17.3 Å². The number of pyridine rings is 1. The number of imidazole rings is 1. The highest BCUT2D eigenvalue weighted by atomic mass is 35.5. The molecule has 6 nitrogen and oxygen atoms in total. The summed E-state index contributed by atoms with van der Waals surface area (Å²) in [6.45, 7) is 0. The first-order chi connectivity index (χ1) is 16.9. The van der Waals surface area contributed by atoms with Crippen LogP contribution in [-0.2, 0) is 5.54 Å². The summed E-state index contributed by atoms with van der Waals surface area (Å²) in [4.78, 5) is 17.4. The third-order valence-electron chi connectivity index (χ3n) is 6.42. The van der Waals surface area contributed by atoms with Crippen molar-refractivity contribution in [2.45, 2.75) is 18.4 Å². The highest BCUT2D eigenvalue weighted by Gasteiger charge is 2.46. The zero-order valence-corrected chi connectivity index (χ0v) is 19.7. The molecular formula is C26H18Cl2FN5O. The minimum absolute atomic E-state index is 0.0204. The third-order valence-corrected chi connectivity index (χ3v) is 7.16. The van der Waals surface area contributed by atoms with Gasteiger partial charge < -0.3 is 5.32 Å². The van der Waals surface area contributed by atoms with Crippen LogP contribution in [0.2, 0.25) is 10.0 Å². The van der Waals surface area contributed by atoms with Crippen LogP contribution in [0.25, 0.3) is 28.0 Å². The van der Waals surface area contributed by atoms with Crippen molar-refractivity contribution in [3.05, 3.63) is 100 Å². The number of carbonyl (C=O) groups excluding carboxylic acids is 1. The van der Waals surface area contributed by atoms with Gasteiger partial charge in [-0.1, -0.05) is 35.3 Å². The molecule has 9 heteroatoms. The molecule has 2 N–H and O–H groups in total. The lowest BCUT2D eigenvalue weighted by atomic mass is 10.0. The highest BCUT2D eigenvalue weighted by Crippen LogP contribution is 2.47. The van der Waals surface area contributed by atoms with E-state index in [1.807, 2.05) is 28.8 Å². The van der Waals surface area contributed by atoms with Gasteiger partial charge in [0.25, 0.3) is 5.91 Å². The number of benzene rings is 2. The summed E-state index contributed by atoms with van der Waals surface area (Å²) in [7, 11) is 0. The lowest BCUT2D eigenvalue weighted by Gasteiger charge is -2.19. The Kier molecular flexibility index (Phi) is 5.12. The predicted octanol–water partition coefficient (Wildman–Crippen LogP) is 6.26. The molecule has 0 unspecified atom stereocenters. The maximum Gasteiger partial charge on any atom is 0.254 e. The molecule has 0 bridgehead atoms. The predicted molar refractivity (Wildman–Crippen MR) is 133 cm³/mol. The second kappa shape index (κ2) is 8.22. The molecule has 0 radical (unpaired) electrons. The first kappa shape index (κ1) is 21.8. The second-order valence-corrected chi connectivity index (χ2v) is 9.45. The number of amides is 1. The molecule has 0 atom stereocenters. The zero-order valence-electron chi connectivity index (χ0n) is 18.2. The Hall–Kier alpha value is -3.68. The first-order valence-corrected chi connectivity index (χ1v) is 11.7. The van der Waals surface area contributed by atoms with E-state index in [1.165, 1.54) is 12.1 Å². The summed E-state index contributed by atoms with van der Waals surface area (Å²) in [5.41, 5.74) is 4.21. The van der Waals surface area contributed by atoms with Crippen molar-refractivity contribution in [2.24, 2.45) is 0 Å². The normalized spacial score (nSPS) is 14.3. The van der Waals surface area contributed by atoms with E-state index >= 15 is 4.39 Å². The van der Waals surface area contributed by atoms with Gasteiger partial charge in [-0.05, 0) is 54.8 Å². The number of fused-ring (bicyclic) bond motifs is 1. The van der Waals surface area contributed by atoms with Crippen LogP contribution in [0, 0.1) is 5.82 Å². The molecule has 1 aliphatic rings. The van der Waals surface area contributed by atoms with Crippen LogP contribution < -0.4 is 5.32 Å². The van der Waals surface area contributed by atoms with E-state index in [4.69, 9.17) is 23.2 Å². The summed E-state index contributed by atoms with van der Waals surface area (Å²) in [5.74, 6) is -1.08. The number of carbonyl (C=O) groups is 1. The molecular weight excluding hydrogens is 488 g/mol. The molecule has 35 heavy (non-hydrogen) atoms. The van der Waals surface area contributed by atoms with Crippen molar-refractivity contribution in [3.8, 4) is 22.4 Å². The van der Waals surface area contributed by atoms with Crippen molar-refractivity contribution in [1.82, 2.24) is 24.9 Å². The highest BCUT2D eigenvalue weighted by molar-refractivity contribution is 6.42. The van der Waals surface area contributed by atoms with Gasteiger partial charge in [0.1, 0.15) is 11.5 Å². The van der Waals surface area contributed by atoms with Gasteiger partial charge in [-0.2, -0.15) is 5.10 Å². The van der Waals surface area contributed by atoms with E-state index in [1.54, 1.807) is 36.8 Å². The Morgan fingerprint density at radius 2 is 1.83 bits per heavy atom. The number of aromatic nitrogens is 4. The summed E-state index contributed by atoms with van der Waals surface area (Å²) >= 11 is 12.2.